The summed E-state index contributed by atoms with van der Waals surface area (Å²) in [5.74, 6) is 3.68. The highest BCUT2D eigenvalue weighted by molar-refractivity contribution is 8.00. The van der Waals surface area contributed by atoms with E-state index in [-0.39, 0.29) is 10.5 Å². The zero-order valence-electron chi connectivity index (χ0n) is 15.4. The van der Waals surface area contributed by atoms with Crippen molar-refractivity contribution in [3.05, 3.63) is 48.5 Å². The summed E-state index contributed by atoms with van der Waals surface area (Å²) in [5, 5.41) is 0.142. The summed E-state index contributed by atoms with van der Waals surface area (Å²) in [6.45, 7) is 0.910. The van der Waals surface area contributed by atoms with Crippen LogP contribution in [0.1, 0.15) is 0 Å². The fourth-order valence-corrected chi connectivity index (χ4v) is 3.95. The standard InChI is InChI=1S/C20H24Cl2O4S/c1-23-17-7-3-5-9-19(17)25-13-15(11-21)27-16(12-22)14-26-20-10-6-4-8-18(20)24-2/h3-10,15-16H,11-14H2,1-2H3/t15-,16-/m0/s1. The van der Waals surface area contributed by atoms with Gasteiger partial charge in [-0.3, -0.25) is 0 Å². The van der Waals surface area contributed by atoms with E-state index in [9.17, 15) is 0 Å². The molecule has 0 N–H and O–H groups in total. The van der Waals surface area contributed by atoms with E-state index in [1.165, 1.54) is 0 Å². The molecule has 7 heteroatoms. The minimum absolute atomic E-state index is 0.0709. The largest absolute Gasteiger partial charge is 0.493 e. The average Bonchev–Trinajstić information content (AvgIpc) is 2.73. The van der Waals surface area contributed by atoms with Crippen LogP contribution in [0.25, 0.3) is 0 Å². The predicted molar refractivity (Wildman–Crippen MR) is 114 cm³/mol. The molecule has 0 aliphatic rings. The highest BCUT2D eigenvalue weighted by atomic mass is 35.5. The van der Waals surface area contributed by atoms with Gasteiger partial charge in [-0.05, 0) is 24.3 Å². The lowest BCUT2D eigenvalue weighted by Crippen LogP contribution is -2.25. The zero-order chi connectivity index (χ0) is 19.5. The molecule has 0 saturated carbocycles. The van der Waals surface area contributed by atoms with Crippen LogP contribution in [0.4, 0.5) is 0 Å². The first kappa shape index (κ1) is 21.9. The first-order chi connectivity index (χ1) is 13.2. The number of hydrogen-bond donors (Lipinski definition) is 0. The van der Waals surface area contributed by atoms with E-state index >= 15 is 0 Å². The van der Waals surface area contributed by atoms with Crippen molar-refractivity contribution in [1.29, 1.82) is 0 Å². The lowest BCUT2D eigenvalue weighted by molar-refractivity contribution is 0.293. The molecule has 0 spiro atoms. The Morgan fingerprint density at radius 3 is 1.41 bits per heavy atom. The van der Waals surface area contributed by atoms with E-state index in [1.54, 1.807) is 26.0 Å². The third-order valence-corrected chi connectivity index (χ3v) is 6.20. The van der Waals surface area contributed by atoms with Crippen molar-refractivity contribution in [3.8, 4) is 23.0 Å². The van der Waals surface area contributed by atoms with Crippen LogP contribution in [0, 0.1) is 0 Å². The molecule has 0 bridgehead atoms. The van der Waals surface area contributed by atoms with Gasteiger partial charge in [-0.1, -0.05) is 24.3 Å². The monoisotopic (exact) mass is 430 g/mol. The quantitative estimate of drug-likeness (QED) is 0.437. The fraction of sp³-hybridized carbons (Fsp3) is 0.400. The number of thioether (sulfide) groups is 1. The zero-order valence-corrected chi connectivity index (χ0v) is 17.7. The number of ether oxygens (including phenoxy) is 4. The number of rotatable bonds is 12. The molecule has 148 valence electrons. The SMILES string of the molecule is COc1ccccc1OC[C@H](CCl)S[C@@H](CCl)COc1ccccc1OC. The van der Waals surface area contributed by atoms with Crippen molar-refractivity contribution in [2.45, 2.75) is 10.5 Å². The van der Waals surface area contributed by atoms with Gasteiger partial charge < -0.3 is 18.9 Å². The molecule has 2 aromatic carbocycles. The Labute approximate surface area is 175 Å². The van der Waals surface area contributed by atoms with Crippen LogP contribution in [0.15, 0.2) is 48.5 Å². The molecule has 0 aliphatic carbocycles. The topological polar surface area (TPSA) is 36.9 Å². The van der Waals surface area contributed by atoms with Gasteiger partial charge in [0, 0.05) is 11.8 Å². The molecule has 0 aromatic heterocycles. The maximum Gasteiger partial charge on any atom is 0.161 e. The van der Waals surface area contributed by atoms with Crippen molar-refractivity contribution in [1.82, 2.24) is 0 Å². The number of para-hydroxylation sites is 4. The summed E-state index contributed by atoms with van der Waals surface area (Å²) in [4.78, 5) is 0. The van der Waals surface area contributed by atoms with E-state index < -0.39 is 0 Å². The second-order valence-electron chi connectivity index (χ2n) is 5.61. The normalized spacial score (nSPS) is 12.9. The van der Waals surface area contributed by atoms with E-state index in [0.717, 1.165) is 0 Å². The molecule has 4 nitrogen and oxygen atoms in total. The maximum absolute atomic E-state index is 6.14. The van der Waals surface area contributed by atoms with Gasteiger partial charge in [-0.2, -0.15) is 0 Å². The van der Waals surface area contributed by atoms with E-state index in [1.807, 2.05) is 48.5 Å². The van der Waals surface area contributed by atoms with Crippen LogP contribution in [0.5, 0.6) is 23.0 Å². The summed E-state index contributed by atoms with van der Waals surface area (Å²) in [7, 11) is 3.24. The van der Waals surface area contributed by atoms with Gasteiger partial charge in [-0.15, -0.1) is 35.0 Å². The second kappa shape index (κ2) is 12.1. The second-order valence-corrected chi connectivity index (χ2v) is 7.84. The third-order valence-electron chi connectivity index (χ3n) is 3.72. The van der Waals surface area contributed by atoms with Gasteiger partial charge in [0.1, 0.15) is 13.2 Å². The molecule has 0 saturated heterocycles. The summed E-state index contributed by atoms with van der Waals surface area (Å²) in [6, 6.07) is 15.1. The molecule has 0 radical (unpaired) electrons. The lowest BCUT2D eigenvalue weighted by Gasteiger charge is -2.22. The molecule has 0 unspecified atom stereocenters. The summed E-state index contributed by atoms with van der Waals surface area (Å²) in [5.41, 5.74) is 0. The number of alkyl halides is 2. The molecule has 2 atom stereocenters. The van der Waals surface area contributed by atoms with Crippen LogP contribution < -0.4 is 18.9 Å². The molecule has 27 heavy (non-hydrogen) atoms. The molecule has 0 heterocycles. The molecule has 0 fully saturated rings. The summed E-state index contributed by atoms with van der Waals surface area (Å²) in [6.07, 6.45) is 0. The van der Waals surface area contributed by atoms with Gasteiger partial charge in [0.2, 0.25) is 0 Å². The average molecular weight is 431 g/mol. The Kier molecular flexibility index (Phi) is 9.81. The van der Waals surface area contributed by atoms with Crippen LogP contribution in [-0.2, 0) is 0 Å². The number of halogens is 2. The first-order valence-electron chi connectivity index (χ1n) is 8.50. The van der Waals surface area contributed by atoms with Crippen molar-refractivity contribution in [2.75, 3.05) is 39.2 Å². The van der Waals surface area contributed by atoms with Gasteiger partial charge in [0.15, 0.2) is 23.0 Å². The lowest BCUT2D eigenvalue weighted by atomic mass is 10.3. The smallest absolute Gasteiger partial charge is 0.161 e. The van der Waals surface area contributed by atoms with Gasteiger partial charge in [-0.25, -0.2) is 0 Å². The van der Waals surface area contributed by atoms with Crippen LogP contribution in [-0.4, -0.2) is 49.7 Å². The van der Waals surface area contributed by atoms with Gasteiger partial charge in [0.05, 0.1) is 24.7 Å². The van der Waals surface area contributed by atoms with E-state index in [4.69, 9.17) is 42.1 Å². The molecular formula is C20H24Cl2O4S. The molecular weight excluding hydrogens is 407 g/mol. The summed E-state index contributed by atoms with van der Waals surface area (Å²) >= 11 is 13.9. The maximum atomic E-state index is 6.14. The minimum atomic E-state index is 0.0709. The fourth-order valence-electron chi connectivity index (χ4n) is 2.35. The van der Waals surface area contributed by atoms with Crippen LogP contribution in [0.3, 0.4) is 0 Å². The van der Waals surface area contributed by atoms with E-state index in [2.05, 4.69) is 0 Å². The number of hydrogen-bond acceptors (Lipinski definition) is 5. The van der Waals surface area contributed by atoms with Crippen molar-refractivity contribution in [2.24, 2.45) is 0 Å². The highest BCUT2D eigenvalue weighted by Gasteiger charge is 2.19. The number of benzene rings is 2. The molecule has 0 aliphatic heterocycles. The third kappa shape index (κ3) is 6.91. The number of methoxy groups -OCH3 is 2. The molecule has 2 aromatic rings. The first-order valence-corrected chi connectivity index (χ1v) is 10.5. The van der Waals surface area contributed by atoms with Gasteiger partial charge in [0.25, 0.3) is 0 Å². The van der Waals surface area contributed by atoms with Crippen LogP contribution >= 0.6 is 35.0 Å². The predicted octanol–water partition coefficient (Wildman–Crippen LogP) is 5.11. The highest BCUT2D eigenvalue weighted by Crippen LogP contribution is 2.30. The Morgan fingerprint density at radius 2 is 1.07 bits per heavy atom. The van der Waals surface area contributed by atoms with Crippen molar-refractivity contribution < 1.29 is 18.9 Å². The Hall–Kier alpha value is -1.43. The summed E-state index contributed by atoms with van der Waals surface area (Å²) < 4.78 is 22.4. The van der Waals surface area contributed by atoms with Crippen LogP contribution in [0.2, 0.25) is 0 Å². The molecule has 2 rings (SSSR count). The Balaban J connectivity index is 1.88. The van der Waals surface area contributed by atoms with E-state index in [0.29, 0.717) is 48.0 Å². The molecule has 0 amide bonds. The Bertz CT molecular complexity index is 629. The van der Waals surface area contributed by atoms with Crippen molar-refractivity contribution >= 4 is 35.0 Å². The van der Waals surface area contributed by atoms with Gasteiger partial charge >= 0.3 is 0 Å². The van der Waals surface area contributed by atoms with Crippen molar-refractivity contribution in [3.63, 3.8) is 0 Å². The Morgan fingerprint density at radius 1 is 0.704 bits per heavy atom. The minimum Gasteiger partial charge on any atom is -0.493 e.